The second-order valence-electron chi connectivity index (χ2n) is 5.45. The third kappa shape index (κ3) is 4.59. The molecule has 5 heteroatoms. The fraction of sp³-hybridized carbons (Fsp3) is 0.625. The minimum absolute atomic E-state index is 0.746. The van der Waals surface area contributed by atoms with Gasteiger partial charge in [-0.25, -0.2) is 0 Å². The predicted octanol–water partition coefficient (Wildman–Crippen LogP) is 1.17. The molecule has 0 saturated carbocycles. The lowest BCUT2D eigenvalue weighted by Gasteiger charge is -2.21. The molecule has 1 aliphatic heterocycles. The lowest BCUT2D eigenvalue weighted by Crippen LogP contribution is -2.33. The fourth-order valence-corrected chi connectivity index (χ4v) is 2.83. The summed E-state index contributed by atoms with van der Waals surface area (Å²) in [6.07, 6.45) is 1.20. The van der Waals surface area contributed by atoms with Crippen molar-refractivity contribution in [3.63, 3.8) is 0 Å². The van der Waals surface area contributed by atoms with Crippen LogP contribution in [-0.4, -0.2) is 63.3 Å². The van der Waals surface area contributed by atoms with Crippen molar-refractivity contribution >= 4 is 0 Å². The number of rotatable bonds is 6. The molecule has 1 heterocycles. The van der Waals surface area contributed by atoms with Gasteiger partial charge in [0.1, 0.15) is 0 Å². The smallest absolute Gasteiger partial charge is 0.161 e. The Labute approximate surface area is 127 Å². The van der Waals surface area contributed by atoms with Crippen LogP contribution in [0, 0.1) is 0 Å². The number of ether oxygens (including phenoxy) is 2. The Morgan fingerprint density at radius 2 is 1.71 bits per heavy atom. The van der Waals surface area contributed by atoms with Crippen molar-refractivity contribution in [1.29, 1.82) is 0 Å². The molecular weight excluding hydrogens is 266 g/mol. The molecule has 1 aromatic rings. The highest BCUT2D eigenvalue weighted by atomic mass is 16.5. The van der Waals surface area contributed by atoms with Gasteiger partial charge < -0.3 is 20.1 Å². The zero-order valence-corrected chi connectivity index (χ0v) is 13.2. The third-order valence-electron chi connectivity index (χ3n) is 3.98. The molecule has 1 aromatic carbocycles. The van der Waals surface area contributed by atoms with Gasteiger partial charge in [0.15, 0.2) is 11.5 Å². The summed E-state index contributed by atoms with van der Waals surface area (Å²) in [5, 5.41) is 0. The Morgan fingerprint density at radius 1 is 1.00 bits per heavy atom. The number of methoxy groups -OCH3 is 2. The molecule has 0 bridgehead atoms. The molecule has 2 rings (SSSR count). The van der Waals surface area contributed by atoms with Crippen LogP contribution in [0.25, 0.3) is 0 Å². The van der Waals surface area contributed by atoms with Crippen molar-refractivity contribution in [2.75, 3.05) is 53.5 Å². The molecule has 2 N–H and O–H groups in total. The van der Waals surface area contributed by atoms with Gasteiger partial charge in [0.2, 0.25) is 0 Å². The van der Waals surface area contributed by atoms with Gasteiger partial charge in [-0.1, -0.05) is 6.07 Å². The molecule has 1 fully saturated rings. The molecule has 5 nitrogen and oxygen atoms in total. The number of benzene rings is 1. The van der Waals surface area contributed by atoms with Crippen molar-refractivity contribution in [3.8, 4) is 11.5 Å². The quantitative estimate of drug-likeness (QED) is 0.853. The van der Waals surface area contributed by atoms with E-state index >= 15 is 0 Å². The molecule has 118 valence electrons. The van der Waals surface area contributed by atoms with E-state index in [-0.39, 0.29) is 0 Å². The molecule has 0 aliphatic carbocycles. The van der Waals surface area contributed by atoms with Gasteiger partial charge >= 0.3 is 0 Å². The molecule has 1 aliphatic rings. The van der Waals surface area contributed by atoms with E-state index in [0.717, 1.165) is 57.3 Å². The summed E-state index contributed by atoms with van der Waals surface area (Å²) < 4.78 is 10.7. The minimum atomic E-state index is 0.746. The van der Waals surface area contributed by atoms with E-state index in [2.05, 4.69) is 21.9 Å². The first-order valence-corrected chi connectivity index (χ1v) is 7.62. The molecule has 0 unspecified atom stereocenters. The van der Waals surface area contributed by atoms with Gasteiger partial charge in [0.05, 0.1) is 14.2 Å². The van der Waals surface area contributed by atoms with Crippen LogP contribution in [0.3, 0.4) is 0 Å². The highest BCUT2D eigenvalue weighted by Crippen LogP contribution is 2.28. The van der Waals surface area contributed by atoms with E-state index in [1.165, 1.54) is 12.0 Å². The zero-order valence-electron chi connectivity index (χ0n) is 13.2. The normalized spacial score (nSPS) is 17.5. The molecule has 1 saturated heterocycles. The SMILES string of the molecule is COc1ccc(CN2CCCN(CCN)CC2)cc1OC. The van der Waals surface area contributed by atoms with Crippen molar-refractivity contribution in [2.45, 2.75) is 13.0 Å². The first-order chi connectivity index (χ1) is 10.3. The number of hydrogen-bond acceptors (Lipinski definition) is 5. The maximum Gasteiger partial charge on any atom is 0.161 e. The number of nitrogens with two attached hydrogens (primary N) is 1. The monoisotopic (exact) mass is 293 g/mol. The Bertz CT molecular complexity index is 440. The molecule has 0 amide bonds. The maximum atomic E-state index is 5.65. The standard InChI is InChI=1S/C16H27N3O2/c1-20-15-5-4-14(12-16(15)21-2)13-19-8-3-7-18(9-6-17)10-11-19/h4-5,12H,3,6-11,13,17H2,1-2H3. The lowest BCUT2D eigenvalue weighted by atomic mass is 10.2. The van der Waals surface area contributed by atoms with Crippen LogP contribution in [0.4, 0.5) is 0 Å². The van der Waals surface area contributed by atoms with Crippen LogP contribution in [0.15, 0.2) is 18.2 Å². The number of nitrogens with zero attached hydrogens (tertiary/aromatic N) is 2. The summed E-state index contributed by atoms with van der Waals surface area (Å²) >= 11 is 0. The van der Waals surface area contributed by atoms with Gasteiger partial charge in [0, 0.05) is 32.7 Å². The Kier molecular flexibility index (Phi) is 6.29. The topological polar surface area (TPSA) is 51.0 Å². The van der Waals surface area contributed by atoms with Gasteiger partial charge in [-0.2, -0.15) is 0 Å². The van der Waals surface area contributed by atoms with Crippen molar-refractivity contribution in [3.05, 3.63) is 23.8 Å². The molecule has 21 heavy (non-hydrogen) atoms. The second kappa shape index (κ2) is 8.22. The van der Waals surface area contributed by atoms with Gasteiger partial charge in [-0.3, -0.25) is 4.90 Å². The summed E-state index contributed by atoms with van der Waals surface area (Å²) in [5.41, 5.74) is 6.91. The van der Waals surface area contributed by atoms with Crippen LogP contribution in [0.1, 0.15) is 12.0 Å². The van der Waals surface area contributed by atoms with Crippen molar-refractivity contribution in [2.24, 2.45) is 5.73 Å². The van der Waals surface area contributed by atoms with E-state index in [0.29, 0.717) is 0 Å². The molecule has 0 aromatic heterocycles. The minimum Gasteiger partial charge on any atom is -0.493 e. The van der Waals surface area contributed by atoms with Crippen LogP contribution >= 0.6 is 0 Å². The maximum absolute atomic E-state index is 5.65. The largest absolute Gasteiger partial charge is 0.493 e. The third-order valence-corrected chi connectivity index (χ3v) is 3.98. The van der Waals surface area contributed by atoms with Crippen LogP contribution in [-0.2, 0) is 6.54 Å². The Balaban J connectivity index is 1.95. The highest BCUT2D eigenvalue weighted by molar-refractivity contribution is 5.42. The molecule has 0 radical (unpaired) electrons. The van der Waals surface area contributed by atoms with Crippen LogP contribution < -0.4 is 15.2 Å². The number of hydrogen-bond donors (Lipinski definition) is 1. The average Bonchev–Trinajstić information content (AvgIpc) is 2.73. The van der Waals surface area contributed by atoms with Crippen LogP contribution in [0.5, 0.6) is 11.5 Å². The lowest BCUT2D eigenvalue weighted by molar-refractivity contribution is 0.254. The van der Waals surface area contributed by atoms with Gasteiger partial charge in [-0.15, -0.1) is 0 Å². The van der Waals surface area contributed by atoms with E-state index < -0.39 is 0 Å². The molecule has 0 spiro atoms. The Hall–Kier alpha value is -1.30. The second-order valence-corrected chi connectivity index (χ2v) is 5.45. The summed E-state index contributed by atoms with van der Waals surface area (Å²) in [7, 11) is 3.34. The molecule has 0 atom stereocenters. The van der Waals surface area contributed by atoms with Crippen LogP contribution in [0.2, 0.25) is 0 Å². The van der Waals surface area contributed by atoms with Crippen molar-refractivity contribution < 1.29 is 9.47 Å². The summed E-state index contributed by atoms with van der Waals surface area (Å²) in [6, 6.07) is 6.16. The predicted molar refractivity (Wildman–Crippen MR) is 84.9 cm³/mol. The average molecular weight is 293 g/mol. The Morgan fingerprint density at radius 3 is 2.43 bits per heavy atom. The van der Waals surface area contributed by atoms with E-state index in [1.54, 1.807) is 14.2 Å². The fourth-order valence-electron chi connectivity index (χ4n) is 2.83. The highest BCUT2D eigenvalue weighted by Gasteiger charge is 2.15. The summed E-state index contributed by atoms with van der Waals surface area (Å²) in [6.45, 7) is 7.19. The first kappa shape index (κ1) is 16.1. The zero-order chi connectivity index (χ0) is 15.1. The van der Waals surface area contributed by atoms with E-state index in [9.17, 15) is 0 Å². The van der Waals surface area contributed by atoms with Gasteiger partial charge in [-0.05, 0) is 37.2 Å². The van der Waals surface area contributed by atoms with Crippen molar-refractivity contribution in [1.82, 2.24) is 9.80 Å². The van der Waals surface area contributed by atoms with E-state index in [4.69, 9.17) is 15.2 Å². The first-order valence-electron chi connectivity index (χ1n) is 7.62. The molecular formula is C16H27N3O2. The summed E-state index contributed by atoms with van der Waals surface area (Å²) in [5.74, 6) is 1.58. The van der Waals surface area contributed by atoms with E-state index in [1.807, 2.05) is 6.07 Å². The van der Waals surface area contributed by atoms with Gasteiger partial charge in [0.25, 0.3) is 0 Å². The summed E-state index contributed by atoms with van der Waals surface area (Å²) in [4.78, 5) is 4.95.